The Balaban J connectivity index is 0.00000202. The normalized spacial score (nSPS) is 12.0. The van der Waals surface area contributed by atoms with Gasteiger partial charge in [-0.1, -0.05) is 0 Å². The SMILES string of the molecule is CC(C)(C)c1ccccc1C(=O)[NH][Zr+2]([CH]1c2ccccc2-c2ccccc21)[SiH](c1ccccc1)c1ccccc1.[Cl-].[Cl-]. The Labute approximate surface area is 271 Å². The maximum atomic E-state index is 14.4. The number of hydrogen-bond acceptors (Lipinski definition) is 1. The molecule has 0 aromatic heterocycles. The molecule has 6 rings (SSSR count). The van der Waals surface area contributed by atoms with Gasteiger partial charge in [0.2, 0.25) is 0 Å². The minimum atomic E-state index is -2.93. The van der Waals surface area contributed by atoms with E-state index in [0.717, 1.165) is 11.1 Å². The van der Waals surface area contributed by atoms with Crippen molar-refractivity contribution in [3.63, 3.8) is 0 Å². The van der Waals surface area contributed by atoms with Crippen LogP contribution in [0.4, 0.5) is 0 Å². The molecule has 0 unspecified atom stereocenters. The van der Waals surface area contributed by atoms with E-state index in [0.29, 0.717) is 0 Å². The molecule has 0 saturated heterocycles. The van der Waals surface area contributed by atoms with Crippen LogP contribution >= 0.6 is 0 Å². The summed E-state index contributed by atoms with van der Waals surface area (Å²) in [6, 6.07) is 47.9. The van der Waals surface area contributed by atoms with E-state index in [-0.39, 0.29) is 39.8 Å². The molecule has 0 saturated carbocycles. The van der Waals surface area contributed by atoms with Gasteiger partial charge in [-0.25, -0.2) is 0 Å². The van der Waals surface area contributed by atoms with Crippen molar-refractivity contribution in [3.8, 4) is 11.1 Å². The molecule has 42 heavy (non-hydrogen) atoms. The quantitative estimate of drug-likeness (QED) is 0.260. The van der Waals surface area contributed by atoms with Crippen LogP contribution in [0.1, 0.15) is 51.4 Å². The first-order chi connectivity index (χ1) is 19.4. The summed E-state index contributed by atoms with van der Waals surface area (Å²) in [6.07, 6.45) is 0. The maximum Gasteiger partial charge on any atom is -1.00 e. The molecule has 0 aliphatic heterocycles. The molecule has 0 radical (unpaired) electrons. The molecule has 5 aromatic carbocycles. The second-order valence-corrected chi connectivity index (χ2v) is 26.0. The molecular weight excluding hydrogens is 653 g/mol. The average Bonchev–Trinajstić information content (AvgIpc) is 3.32. The molecule has 211 valence electrons. The van der Waals surface area contributed by atoms with Crippen molar-refractivity contribution < 1.29 is 50.8 Å². The number of fused-ring (bicyclic) bond motifs is 3. The van der Waals surface area contributed by atoms with Crippen molar-refractivity contribution in [1.82, 2.24) is 3.26 Å². The predicted molar refractivity (Wildman–Crippen MR) is 166 cm³/mol. The summed E-state index contributed by atoms with van der Waals surface area (Å²) in [5, 5.41) is 2.82. The van der Waals surface area contributed by atoms with E-state index in [9.17, 15) is 4.79 Å². The van der Waals surface area contributed by atoms with Crippen LogP contribution in [0, 0.1) is 0 Å². The van der Waals surface area contributed by atoms with E-state index in [1.165, 1.54) is 32.6 Å². The van der Waals surface area contributed by atoms with Gasteiger partial charge in [0.15, 0.2) is 0 Å². The van der Waals surface area contributed by atoms with Gasteiger partial charge < -0.3 is 24.8 Å². The van der Waals surface area contributed by atoms with Gasteiger partial charge >= 0.3 is 248 Å². The second-order valence-electron chi connectivity index (χ2n) is 11.6. The number of benzene rings is 5. The zero-order chi connectivity index (χ0) is 27.7. The molecule has 2 nitrogen and oxygen atoms in total. The van der Waals surface area contributed by atoms with E-state index in [2.05, 4.69) is 139 Å². The van der Waals surface area contributed by atoms with Gasteiger partial charge in [-0.3, -0.25) is 0 Å². The van der Waals surface area contributed by atoms with E-state index in [1.807, 2.05) is 18.2 Å². The smallest absolute Gasteiger partial charge is 1.00 e. The maximum absolute atomic E-state index is 14.4. The first-order valence-electron chi connectivity index (χ1n) is 14.0. The van der Waals surface area contributed by atoms with E-state index < -0.39 is 27.1 Å². The number of halogens is 2. The van der Waals surface area contributed by atoms with E-state index in [4.69, 9.17) is 0 Å². The van der Waals surface area contributed by atoms with Crippen molar-refractivity contribution in [2.24, 2.45) is 0 Å². The van der Waals surface area contributed by atoms with Crippen LogP contribution in [0.15, 0.2) is 133 Å². The Morgan fingerprint density at radius 2 is 1.05 bits per heavy atom. The van der Waals surface area contributed by atoms with Crippen LogP contribution in [0.5, 0.6) is 0 Å². The Morgan fingerprint density at radius 3 is 1.55 bits per heavy atom. The Hall–Kier alpha value is -2.75. The standard InChI is InChI=1S/C13H9.C12H11Si.C11H15NO.2ClH.Zr/c1-3-7-12-10(5-1)9-11-6-2-4-8-13(11)12;1-3-7-11(8-4-1)13-12-9-5-2-6-10-12;1-11(2,3)9-7-5-4-6-8(9)10(12)13;;;/h1-9H;1-10,13H;4-7H,1-3H3,(H2,12,13);2*1H;/q;;;;;+3/p-3. The van der Waals surface area contributed by atoms with Gasteiger partial charge in [-0.05, 0) is 0 Å². The zero-order valence-electron chi connectivity index (χ0n) is 24.0. The van der Waals surface area contributed by atoms with E-state index >= 15 is 0 Å². The first kappa shape index (κ1) is 32.2. The van der Waals surface area contributed by atoms with Crippen molar-refractivity contribution in [3.05, 3.63) is 156 Å². The molecular formula is C36H34Cl2NOSiZr. The second kappa shape index (κ2) is 13.7. The summed E-state index contributed by atoms with van der Waals surface area (Å²) in [5.74, 6) is -1.72. The van der Waals surface area contributed by atoms with Crippen LogP contribution in [0.3, 0.4) is 0 Å². The predicted octanol–water partition coefficient (Wildman–Crippen LogP) is 0.563. The van der Waals surface area contributed by atoms with Gasteiger partial charge in [0.1, 0.15) is 0 Å². The van der Waals surface area contributed by atoms with Gasteiger partial charge in [0.05, 0.1) is 0 Å². The topological polar surface area (TPSA) is 29.1 Å². The zero-order valence-corrected chi connectivity index (χ0v) is 29.1. The number of carbonyl (C=O) groups is 1. The summed E-state index contributed by atoms with van der Waals surface area (Å²) >= 11 is -2.93. The molecule has 1 aliphatic rings. The van der Waals surface area contributed by atoms with Crippen LogP contribution in [-0.2, 0) is 26.6 Å². The summed E-state index contributed by atoms with van der Waals surface area (Å²) in [5.41, 5.74) is 7.18. The van der Waals surface area contributed by atoms with Crippen LogP contribution in [0.25, 0.3) is 11.1 Å². The fourth-order valence-electron chi connectivity index (χ4n) is 6.18. The van der Waals surface area contributed by atoms with Crippen LogP contribution in [-0.4, -0.2) is 11.8 Å². The molecule has 0 fully saturated rings. The number of hydrogen-bond donors (Lipinski definition) is 1. The first-order valence-corrected chi connectivity index (χ1v) is 22.6. The fraction of sp³-hybridized carbons (Fsp3) is 0.139. The van der Waals surface area contributed by atoms with Crippen molar-refractivity contribution >= 4 is 22.2 Å². The van der Waals surface area contributed by atoms with Gasteiger partial charge in [-0.2, -0.15) is 0 Å². The minimum absolute atomic E-state index is 0. The van der Waals surface area contributed by atoms with Crippen molar-refractivity contribution in [2.45, 2.75) is 29.8 Å². The fourth-order valence-corrected chi connectivity index (χ4v) is 27.7. The van der Waals surface area contributed by atoms with Gasteiger partial charge in [-0.15, -0.1) is 0 Å². The molecule has 1 amide bonds. The summed E-state index contributed by atoms with van der Waals surface area (Å²) < 4.78 is 4.13. The minimum Gasteiger partial charge on any atom is -1.00 e. The molecule has 0 atom stereocenters. The van der Waals surface area contributed by atoms with Crippen LogP contribution < -0.4 is 38.4 Å². The third-order valence-corrected chi connectivity index (χ3v) is 27.3. The molecule has 0 heterocycles. The number of nitrogens with one attached hydrogen (secondary N) is 1. The average molecular weight is 687 g/mol. The van der Waals surface area contributed by atoms with E-state index in [1.54, 1.807) is 0 Å². The summed E-state index contributed by atoms with van der Waals surface area (Å²) in [6.45, 7) is 6.56. The molecule has 0 bridgehead atoms. The monoisotopic (exact) mass is 684 g/mol. The molecule has 0 spiro atoms. The Bertz CT molecular complexity index is 1570. The Kier molecular flexibility index (Phi) is 10.5. The molecule has 5 aromatic rings. The van der Waals surface area contributed by atoms with Crippen molar-refractivity contribution in [2.75, 3.05) is 0 Å². The number of amides is 1. The number of carbonyl (C=O) groups excluding carboxylic acids is 1. The third-order valence-electron chi connectivity index (χ3n) is 7.96. The van der Waals surface area contributed by atoms with Gasteiger partial charge in [0, 0.05) is 0 Å². The Morgan fingerprint density at radius 1 is 0.619 bits per heavy atom. The third kappa shape index (κ3) is 6.29. The van der Waals surface area contributed by atoms with Crippen LogP contribution in [0.2, 0.25) is 0 Å². The number of rotatable bonds is 6. The molecule has 1 aliphatic carbocycles. The largest absolute Gasteiger partial charge is 1.00 e. The summed E-state index contributed by atoms with van der Waals surface area (Å²) in [4.78, 5) is 14.4. The molecule has 6 heteroatoms. The van der Waals surface area contributed by atoms with Crippen molar-refractivity contribution in [1.29, 1.82) is 0 Å². The van der Waals surface area contributed by atoms with Gasteiger partial charge in [0.25, 0.3) is 0 Å². The molecule has 1 N–H and O–H groups in total. The summed E-state index contributed by atoms with van der Waals surface area (Å²) in [7, 11) is 0.